The molecule has 12 heteroatoms. The molecule has 0 unspecified atom stereocenters. The molecule has 0 saturated carbocycles. The molecular weight excluding hydrogens is 594 g/mol. The van der Waals surface area contributed by atoms with Crippen LogP contribution in [0.5, 0.6) is 0 Å². The van der Waals surface area contributed by atoms with Gasteiger partial charge >= 0.3 is 6.09 Å². The number of aliphatic hydroxyl groups is 1. The van der Waals surface area contributed by atoms with Gasteiger partial charge in [-0.05, 0) is 66.8 Å². The van der Waals surface area contributed by atoms with Crippen molar-refractivity contribution in [3.8, 4) is 11.1 Å². The van der Waals surface area contributed by atoms with Crippen LogP contribution >= 0.6 is 11.6 Å². The number of hydrogen-bond acceptors (Lipinski definition) is 6. The Morgan fingerprint density at radius 2 is 2.00 bits per heavy atom. The van der Waals surface area contributed by atoms with E-state index >= 15 is 0 Å². The van der Waals surface area contributed by atoms with Crippen LogP contribution in [0.1, 0.15) is 49.9 Å². The number of rotatable bonds is 5. The number of carbonyl (C=O) groups is 3. The van der Waals surface area contributed by atoms with Crippen molar-refractivity contribution in [2.75, 3.05) is 30.4 Å². The number of hydrogen-bond donors (Lipinski definition) is 3. The van der Waals surface area contributed by atoms with Crippen molar-refractivity contribution in [3.63, 3.8) is 0 Å². The van der Waals surface area contributed by atoms with E-state index in [0.29, 0.717) is 41.9 Å². The lowest BCUT2D eigenvalue weighted by Crippen LogP contribution is -2.38. The van der Waals surface area contributed by atoms with Crippen LogP contribution in [0.3, 0.4) is 0 Å². The van der Waals surface area contributed by atoms with E-state index in [2.05, 4.69) is 15.6 Å². The van der Waals surface area contributed by atoms with Gasteiger partial charge in [-0.25, -0.2) is 13.6 Å². The van der Waals surface area contributed by atoms with Crippen molar-refractivity contribution in [2.24, 2.45) is 5.92 Å². The molecule has 0 radical (unpaired) electrons. The highest BCUT2D eigenvalue weighted by molar-refractivity contribution is 6.31. The van der Waals surface area contributed by atoms with Crippen LogP contribution in [0.2, 0.25) is 5.02 Å². The predicted octanol–water partition coefficient (Wildman–Crippen LogP) is 6.34. The summed E-state index contributed by atoms with van der Waals surface area (Å²) in [5.74, 6) is -2.65. The Morgan fingerprint density at radius 3 is 2.77 bits per heavy atom. The van der Waals surface area contributed by atoms with E-state index in [1.54, 1.807) is 35.4 Å². The molecule has 3 amide bonds. The zero-order valence-corrected chi connectivity index (χ0v) is 24.7. The predicted molar refractivity (Wildman–Crippen MR) is 162 cm³/mol. The molecule has 0 fully saturated rings. The lowest BCUT2D eigenvalue weighted by molar-refractivity contribution is -0.129. The Balaban J connectivity index is 1.49. The fourth-order valence-corrected chi connectivity index (χ4v) is 5.68. The number of pyridine rings is 1. The summed E-state index contributed by atoms with van der Waals surface area (Å²) in [6.45, 7) is 1.56. The first-order valence-corrected chi connectivity index (χ1v) is 14.6. The second-order valence-corrected chi connectivity index (χ2v) is 11.1. The number of fused-ring (bicyclic) bond motifs is 4. The summed E-state index contributed by atoms with van der Waals surface area (Å²) in [6.07, 6.45) is 4.02. The summed E-state index contributed by atoms with van der Waals surface area (Å²) in [4.78, 5) is 45.0. The smallest absolute Gasteiger partial charge is 0.411 e. The highest BCUT2D eigenvalue weighted by Gasteiger charge is 2.31. The van der Waals surface area contributed by atoms with Crippen molar-refractivity contribution >= 4 is 46.5 Å². The van der Waals surface area contributed by atoms with Crippen LogP contribution in [0.15, 0.2) is 54.7 Å². The van der Waals surface area contributed by atoms with Crippen molar-refractivity contribution in [2.45, 2.75) is 38.6 Å². The minimum absolute atomic E-state index is 0.156. The van der Waals surface area contributed by atoms with E-state index in [-0.39, 0.29) is 54.2 Å². The molecule has 0 saturated heterocycles. The van der Waals surface area contributed by atoms with Gasteiger partial charge in [-0.1, -0.05) is 31.0 Å². The number of amides is 3. The summed E-state index contributed by atoms with van der Waals surface area (Å²) in [6, 6.07) is 10.4. The number of aliphatic hydroxyl groups excluding tert-OH is 1. The van der Waals surface area contributed by atoms with E-state index in [9.17, 15) is 23.2 Å². The minimum atomic E-state index is -0.897. The number of nitrogens with one attached hydrogen (secondary N) is 2. The Hall–Kier alpha value is -4.35. The summed E-state index contributed by atoms with van der Waals surface area (Å²) in [5, 5.41) is 14.2. The molecule has 44 heavy (non-hydrogen) atoms. The second kappa shape index (κ2) is 13.5. The number of carbonyl (C=O) groups excluding carboxylic acids is 3. The van der Waals surface area contributed by atoms with E-state index in [0.717, 1.165) is 17.7 Å². The van der Waals surface area contributed by atoms with E-state index < -0.39 is 29.7 Å². The van der Waals surface area contributed by atoms with Crippen LogP contribution in [0.25, 0.3) is 16.7 Å². The van der Waals surface area contributed by atoms with Crippen LogP contribution in [-0.4, -0.2) is 52.7 Å². The Kier molecular flexibility index (Phi) is 9.55. The monoisotopic (exact) mass is 624 g/mol. The molecule has 2 atom stereocenters. The maximum absolute atomic E-state index is 14.7. The largest absolute Gasteiger partial charge is 0.447 e. The van der Waals surface area contributed by atoms with Gasteiger partial charge in [0.2, 0.25) is 11.8 Å². The first-order valence-electron chi connectivity index (χ1n) is 14.3. The number of aromatic nitrogens is 1. The van der Waals surface area contributed by atoms with Gasteiger partial charge < -0.3 is 20.1 Å². The Morgan fingerprint density at radius 1 is 1.18 bits per heavy atom. The molecular formula is C32H31ClF2N4O5. The Labute approximate surface area is 257 Å². The minimum Gasteiger partial charge on any atom is -0.447 e. The molecule has 0 aliphatic carbocycles. The third-order valence-electron chi connectivity index (χ3n) is 7.79. The first-order chi connectivity index (χ1) is 21.2. The molecule has 3 heterocycles. The lowest BCUT2D eigenvalue weighted by atomic mass is 9.92. The van der Waals surface area contributed by atoms with Crippen molar-refractivity contribution in [1.29, 1.82) is 0 Å². The van der Waals surface area contributed by atoms with Gasteiger partial charge in [0, 0.05) is 36.0 Å². The fourth-order valence-electron chi connectivity index (χ4n) is 5.52. The number of nitrogens with zero attached hydrogens (tertiary/aromatic N) is 2. The van der Waals surface area contributed by atoms with Crippen LogP contribution in [0, 0.1) is 17.6 Å². The first kappa shape index (κ1) is 31.1. The van der Waals surface area contributed by atoms with Crippen molar-refractivity contribution in [3.05, 3.63) is 82.7 Å². The average Bonchev–Trinajstić information content (AvgIpc) is 3.00. The van der Waals surface area contributed by atoms with Gasteiger partial charge in [0.25, 0.3) is 0 Å². The molecule has 9 nitrogen and oxygen atoms in total. The molecule has 0 spiro atoms. The van der Waals surface area contributed by atoms with Gasteiger partial charge in [0.15, 0.2) is 5.82 Å². The molecule has 230 valence electrons. The molecule has 2 aliphatic rings. The summed E-state index contributed by atoms with van der Waals surface area (Å²) in [7, 11) is 0. The summed E-state index contributed by atoms with van der Waals surface area (Å²) < 4.78 is 34.2. The van der Waals surface area contributed by atoms with E-state index in [4.69, 9.17) is 21.4 Å². The average molecular weight is 625 g/mol. The maximum atomic E-state index is 14.7. The van der Waals surface area contributed by atoms with Gasteiger partial charge in [-0.15, -0.1) is 0 Å². The maximum Gasteiger partial charge on any atom is 0.411 e. The van der Waals surface area contributed by atoms with Gasteiger partial charge in [-0.3, -0.25) is 19.9 Å². The van der Waals surface area contributed by atoms with Crippen LogP contribution in [0.4, 0.5) is 25.0 Å². The highest BCUT2D eigenvalue weighted by atomic mass is 35.5. The lowest BCUT2D eigenvalue weighted by Gasteiger charge is -2.34. The summed E-state index contributed by atoms with van der Waals surface area (Å²) in [5.41, 5.74) is 2.81. The standard InChI is InChI=1S/C32H31ClF2N4O5/c1-18-3-2-4-27(39-12-10-20(16-28(39)41)29-24(34)8-7-23(33)30(29)35)26-15-19(9-11-36-26)22-6-5-21(17-25(22)38-31(18)42)37-32(43)44-14-13-40/h5-9,11,15-18,27,40H,2-4,10,12-14H2,1H3,(H,37,43)(H,38,42)/t18-,27+/m1/s1. The summed E-state index contributed by atoms with van der Waals surface area (Å²) >= 11 is 5.89. The van der Waals surface area contributed by atoms with Gasteiger partial charge in [0.05, 0.1) is 34.6 Å². The molecule has 3 aromatic rings. The number of anilines is 2. The second-order valence-electron chi connectivity index (χ2n) is 10.7. The molecule has 2 bridgehead atoms. The topological polar surface area (TPSA) is 121 Å². The quantitative estimate of drug-likeness (QED) is 0.285. The molecule has 5 rings (SSSR count). The van der Waals surface area contributed by atoms with Crippen molar-refractivity contribution < 1.29 is 33.0 Å². The highest BCUT2D eigenvalue weighted by Crippen LogP contribution is 2.38. The number of benzene rings is 2. The molecule has 3 N–H and O–H groups in total. The van der Waals surface area contributed by atoms with E-state index in [1.165, 1.54) is 6.08 Å². The van der Waals surface area contributed by atoms with Crippen molar-refractivity contribution in [1.82, 2.24) is 9.88 Å². The third-order valence-corrected chi connectivity index (χ3v) is 8.08. The zero-order chi connectivity index (χ0) is 31.4. The zero-order valence-electron chi connectivity index (χ0n) is 23.9. The number of ether oxygens (including phenoxy) is 1. The fraction of sp³-hybridized carbons (Fsp3) is 0.312. The van der Waals surface area contributed by atoms with Crippen LogP contribution in [-0.2, 0) is 14.3 Å². The van der Waals surface area contributed by atoms with Crippen LogP contribution < -0.4 is 10.6 Å². The SMILES string of the molecule is C[C@@H]1CCC[C@H](N2CCC(c3c(F)ccc(Cl)c3F)=CC2=O)c2cc(ccn2)-c2ccc(NC(=O)OCCO)cc2NC1=O. The molecule has 2 aromatic carbocycles. The molecule has 1 aromatic heterocycles. The third kappa shape index (κ3) is 6.74. The normalized spacial score (nSPS) is 18.8. The number of halogens is 3. The van der Waals surface area contributed by atoms with Gasteiger partial charge in [0.1, 0.15) is 12.4 Å². The van der Waals surface area contributed by atoms with E-state index in [1.807, 2.05) is 13.0 Å². The Bertz CT molecular complexity index is 1630. The molecule has 2 aliphatic heterocycles. The van der Waals surface area contributed by atoms with Gasteiger partial charge in [-0.2, -0.15) is 0 Å².